The summed E-state index contributed by atoms with van der Waals surface area (Å²) in [7, 11) is 0. The van der Waals surface area contributed by atoms with E-state index in [2.05, 4.69) is 43.9 Å². The summed E-state index contributed by atoms with van der Waals surface area (Å²) in [5, 5.41) is 8.90. The number of benzene rings is 1. The van der Waals surface area contributed by atoms with Gasteiger partial charge in [0.05, 0.1) is 6.42 Å². The van der Waals surface area contributed by atoms with Crippen LogP contribution in [0.3, 0.4) is 0 Å². The molecule has 0 aromatic heterocycles. The molecule has 1 aromatic carbocycles. The highest BCUT2D eigenvalue weighted by Crippen LogP contribution is 2.20. The van der Waals surface area contributed by atoms with Gasteiger partial charge in [0.2, 0.25) is 0 Å². The van der Waals surface area contributed by atoms with Crippen molar-refractivity contribution in [1.29, 1.82) is 0 Å². The average molecular weight is 277 g/mol. The van der Waals surface area contributed by atoms with Crippen LogP contribution in [0.4, 0.5) is 5.69 Å². The lowest BCUT2D eigenvalue weighted by Gasteiger charge is -2.25. The van der Waals surface area contributed by atoms with Crippen LogP contribution in [0.25, 0.3) is 0 Å². The molecule has 1 rings (SSSR count). The number of carboxylic acids is 1. The van der Waals surface area contributed by atoms with Crippen molar-refractivity contribution in [3.8, 4) is 0 Å². The van der Waals surface area contributed by atoms with Gasteiger partial charge in [-0.1, -0.05) is 32.3 Å². The third kappa shape index (κ3) is 6.09. The predicted molar refractivity (Wildman–Crippen MR) is 84.5 cm³/mol. The van der Waals surface area contributed by atoms with Gasteiger partial charge >= 0.3 is 5.97 Å². The molecule has 0 aliphatic heterocycles. The van der Waals surface area contributed by atoms with Crippen LogP contribution in [-0.4, -0.2) is 24.2 Å². The summed E-state index contributed by atoms with van der Waals surface area (Å²) in [6, 6.07) is 6.44. The minimum atomic E-state index is -0.729. The SMILES string of the molecule is CCCCCCN(CCC(=O)O)c1cc(C)cc(C)c1. The zero-order valence-corrected chi connectivity index (χ0v) is 13.0. The van der Waals surface area contributed by atoms with E-state index in [9.17, 15) is 4.79 Å². The largest absolute Gasteiger partial charge is 0.481 e. The third-order valence-electron chi connectivity index (χ3n) is 3.45. The summed E-state index contributed by atoms with van der Waals surface area (Å²) in [6.45, 7) is 7.90. The highest BCUT2D eigenvalue weighted by atomic mass is 16.4. The van der Waals surface area contributed by atoms with Gasteiger partial charge in [-0.2, -0.15) is 0 Å². The Kier molecular flexibility index (Phi) is 7.13. The summed E-state index contributed by atoms with van der Waals surface area (Å²) in [6.07, 6.45) is 5.00. The van der Waals surface area contributed by atoms with Crippen molar-refractivity contribution in [1.82, 2.24) is 0 Å². The number of aryl methyl sites for hydroxylation is 2. The molecule has 112 valence electrons. The Bertz CT molecular complexity index is 409. The van der Waals surface area contributed by atoms with Crippen LogP contribution in [0.5, 0.6) is 0 Å². The van der Waals surface area contributed by atoms with E-state index in [0.717, 1.165) is 18.7 Å². The van der Waals surface area contributed by atoms with Crippen LogP contribution >= 0.6 is 0 Å². The molecule has 0 aliphatic rings. The minimum Gasteiger partial charge on any atom is -0.481 e. The molecular formula is C17H27NO2. The number of hydrogen-bond acceptors (Lipinski definition) is 2. The zero-order valence-electron chi connectivity index (χ0n) is 13.0. The summed E-state index contributed by atoms with van der Waals surface area (Å²) < 4.78 is 0. The average Bonchev–Trinajstić information content (AvgIpc) is 2.36. The van der Waals surface area contributed by atoms with Gasteiger partial charge in [0.1, 0.15) is 0 Å². The van der Waals surface area contributed by atoms with E-state index in [4.69, 9.17) is 5.11 Å². The van der Waals surface area contributed by atoms with Gasteiger partial charge in [0, 0.05) is 18.8 Å². The van der Waals surface area contributed by atoms with Crippen molar-refractivity contribution < 1.29 is 9.90 Å². The highest BCUT2D eigenvalue weighted by Gasteiger charge is 2.09. The summed E-state index contributed by atoms with van der Waals surface area (Å²) in [4.78, 5) is 13.0. The van der Waals surface area contributed by atoms with Gasteiger partial charge in [-0.25, -0.2) is 0 Å². The van der Waals surface area contributed by atoms with Gasteiger partial charge in [-0.15, -0.1) is 0 Å². The van der Waals surface area contributed by atoms with E-state index in [1.165, 1.54) is 30.4 Å². The molecule has 3 nitrogen and oxygen atoms in total. The number of unbranched alkanes of at least 4 members (excludes halogenated alkanes) is 3. The predicted octanol–water partition coefficient (Wildman–Crippen LogP) is 4.16. The molecule has 0 atom stereocenters. The highest BCUT2D eigenvalue weighted by molar-refractivity contribution is 5.67. The van der Waals surface area contributed by atoms with Crippen LogP contribution in [0.1, 0.15) is 50.2 Å². The van der Waals surface area contributed by atoms with Crippen LogP contribution in [0, 0.1) is 13.8 Å². The van der Waals surface area contributed by atoms with E-state index in [1.54, 1.807) is 0 Å². The molecule has 0 amide bonds. The second-order valence-corrected chi connectivity index (χ2v) is 5.54. The van der Waals surface area contributed by atoms with Crippen LogP contribution in [0.2, 0.25) is 0 Å². The van der Waals surface area contributed by atoms with Gasteiger partial charge in [-0.3, -0.25) is 4.79 Å². The third-order valence-corrected chi connectivity index (χ3v) is 3.45. The van der Waals surface area contributed by atoms with E-state index in [-0.39, 0.29) is 6.42 Å². The Labute approximate surface area is 122 Å². The van der Waals surface area contributed by atoms with E-state index in [1.807, 2.05) is 0 Å². The quantitative estimate of drug-likeness (QED) is 0.689. The van der Waals surface area contributed by atoms with Crippen molar-refractivity contribution in [3.05, 3.63) is 29.3 Å². The lowest BCUT2D eigenvalue weighted by atomic mass is 10.1. The normalized spacial score (nSPS) is 10.6. The Hall–Kier alpha value is -1.51. The molecule has 0 heterocycles. The van der Waals surface area contributed by atoms with Gasteiger partial charge in [-0.05, 0) is 43.5 Å². The molecule has 0 bridgehead atoms. The lowest BCUT2D eigenvalue weighted by Crippen LogP contribution is -2.27. The summed E-state index contributed by atoms with van der Waals surface area (Å²) >= 11 is 0. The molecule has 0 unspecified atom stereocenters. The molecule has 3 heteroatoms. The fraction of sp³-hybridized carbons (Fsp3) is 0.588. The standard InChI is InChI=1S/C17H27NO2/c1-4-5-6-7-9-18(10-8-17(19)20)16-12-14(2)11-15(3)13-16/h11-13H,4-10H2,1-3H3,(H,19,20). The van der Waals surface area contributed by atoms with Crippen molar-refractivity contribution in [2.45, 2.75) is 52.9 Å². The number of nitrogens with zero attached hydrogens (tertiary/aromatic N) is 1. The molecule has 0 saturated heterocycles. The molecule has 0 radical (unpaired) electrons. The Morgan fingerprint density at radius 2 is 1.70 bits per heavy atom. The number of hydrogen-bond donors (Lipinski definition) is 1. The number of aliphatic carboxylic acids is 1. The fourth-order valence-corrected chi connectivity index (χ4v) is 2.46. The van der Waals surface area contributed by atoms with Crippen molar-refractivity contribution >= 4 is 11.7 Å². The summed E-state index contributed by atoms with van der Waals surface area (Å²) in [5.74, 6) is -0.729. The second-order valence-electron chi connectivity index (χ2n) is 5.54. The Morgan fingerprint density at radius 1 is 1.05 bits per heavy atom. The van der Waals surface area contributed by atoms with E-state index in [0.29, 0.717) is 6.54 Å². The van der Waals surface area contributed by atoms with E-state index >= 15 is 0 Å². The molecule has 20 heavy (non-hydrogen) atoms. The smallest absolute Gasteiger partial charge is 0.305 e. The summed E-state index contributed by atoms with van der Waals surface area (Å²) in [5.41, 5.74) is 3.61. The number of carbonyl (C=O) groups is 1. The van der Waals surface area contributed by atoms with Gasteiger partial charge in [0.15, 0.2) is 0 Å². The van der Waals surface area contributed by atoms with Gasteiger partial charge < -0.3 is 10.0 Å². The number of carboxylic acid groups (broad SMARTS) is 1. The van der Waals surface area contributed by atoms with Crippen LogP contribution < -0.4 is 4.90 Å². The van der Waals surface area contributed by atoms with Crippen LogP contribution in [-0.2, 0) is 4.79 Å². The lowest BCUT2D eigenvalue weighted by molar-refractivity contribution is -0.136. The van der Waals surface area contributed by atoms with Crippen molar-refractivity contribution in [2.24, 2.45) is 0 Å². The van der Waals surface area contributed by atoms with E-state index < -0.39 is 5.97 Å². The minimum absolute atomic E-state index is 0.195. The molecule has 0 aliphatic carbocycles. The zero-order chi connectivity index (χ0) is 15.0. The van der Waals surface area contributed by atoms with Crippen molar-refractivity contribution in [2.75, 3.05) is 18.0 Å². The molecular weight excluding hydrogens is 250 g/mol. The molecule has 0 fully saturated rings. The first kappa shape index (κ1) is 16.5. The van der Waals surface area contributed by atoms with Crippen molar-refractivity contribution in [3.63, 3.8) is 0 Å². The maximum Gasteiger partial charge on any atom is 0.305 e. The second kappa shape index (κ2) is 8.62. The molecule has 1 N–H and O–H groups in total. The molecule has 0 saturated carbocycles. The monoisotopic (exact) mass is 277 g/mol. The first-order valence-electron chi connectivity index (χ1n) is 7.58. The van der Waals surface area contributed by atoms with Gasteiger partial charge in [0.25, 0.3) is 0 Å². The fourth-order valence-electron chi connectivity index (χ4n) is 2.46. The van der Waals surface area contributed by atoms with Crippen LogP contribution in [0.15, 0.2) is 18.2 Å². The maximum absolute atomic E-state index is 10.8. The Balaban J connectivity index is 2.71. The Morgan fingerprint density at radius 3 is 2.25 bits per heavy atom. The number of anilines is 1. The molecule has 1 aromatic rings. The first-order chi connectivity index (χ1) is 9.52. The topological polar surface area (TPSA) is 40.5 Å². The number of rotatable bonds is 9. The molecule has 0 spiro atoms. The first-order valence-corrected chi connectivity index (χ1v) is 7.58. The maximum atomic E-state index is 10.8.